The van der Waals surface area contributed by atoms with Crippen molar-refractivity contribution in [1.29, 1.82) is 0 Å². The molecule has 0 saturated heterocycles. The molecule has 0 heterocycles. The molecular weight excluding hydrogens is 206 g/mol. The number of rotatable bonds is 4. The summed E-state index contributed by atoms with van der Waals surface area (Å²) < 4.78 is 0. The summed E-state index contributed by atoms with van der Waals surface area (Å²) in [7, 11) is 2.12. The van der Waals surface area contributed by atoms with E-state index in [4.69, 9.17) is 11.6 Å². The Balaban J connectivity index is 2.75. The predicted molar refractivity (Wildman–Crippen MR) is 67.6 cm³/mol. The largest absolute Gasteiger partial charge is 0.298 e. The average molecular weight is 226 g/mol. The first kappa shape index (κ1) is 12.5. The number of aryl methyl sites for hydroxylation is 2. The van der Waals surface area contributed by atoms with Crippen LogP contribution in [0.3, 0.4) is 0 Å². The van der Waals surface area contributed by atoms with Gasteiger partial charge in [0.15, 0.2) is 0 Å². The van der Waals surface area contributed by atoms with Crippen LogP contribution in [0.2, 0.25) is 0 Å². The molecule has 1 aromatic carbocycles. The Kier molecular flexibility index (Phi) is 4.62. The Bertz CT molecular complexity index is 322. The van der Waals surface area contributed by atoms with E-state index in [0.717, 1.165) is 6.54 Å². The van der Waals surface area contributed by atoms with Gasteiger partial charge in [-0.15, -0.1) is 11.6 Å². The number of nitrogens with zero attached hydrogens (tertiary/aromatic N) is 1. The maximum absolute atomic E-state index is 5.84. The maximum atomic E-state index is 5.84. The molecule has 0 aliphatic carbocycles. The molecule has 0 fully saturated rings. The van der Waals surface area contributed by atoms with Gasteiger partial charge in [-0.1, -0.05) is 23.8 Å². The van der Waals surface area contributed by atoms with Crippen molar-refractivity contribution in [3.05, 3.63) is 34.9 Å². The van der Waals surface area contributed by atoms with Crippen LogP contribution >= 0.6 is 11.6 Å². The van der Waals surface area contributed by atoms with Crippen LogP contribution in [0.4, 0.5) is 0 Å². The van der Waals surface area contributed by atoms with E-state index in [2.05, 4.69) is 50.9 Å². The Morgan fingerprint density at radius 3 is 2.60 bits per heavy atom. The van der Waals surface area contributed by atoms with Gasteiger partial charge in [0.25, 0.3) is 0 Å². The monoisotopic (exact) mass is 225 g/mol. The standard InChI is InChI=1S/C13H20ClN/c1-10-5-6-11(2)13(7-10)9-15(4)12(3)8-14/h5-7,12H,8-9H2,1-4H3. The second kappa shape index (κ2) is 5.53. The molecule has 1 nitrogen and oxygen atoms in total. The highest BCUT2D eigenvalue weighted by molar-refractivity contribution is 6.18. The van der Waals surface area contributed by atoms with Crippen LogP contribution in [0.25, 0.3) is 0 Å². The van der Waals surface area contributed by atoms with Gasteiger partial charge in [0, 0.05) is 18.5 Å². The fourth-order valence-electron chi connectivity index (χ4n) is 1.51. The summed E-state index contributed by atoms with van der Waals surface area (Å²) in [6.07, 6.45) is 0. The molecule has 0 bridgehead atoms. The van der Waals surface area contributed by atoms with E-state index in [1.54, 1.807) is 0 Å². The smallest absolute Gasteiger partial charge is 0.0376 e. The Labute approximate surface area is 98.0 Å². The number of alkyl halides is 1. The molecule has 0 aromatic heterocycles. The summed E-state index contributed by atoms with van der Waals surface area (Å²) in [6.45, 7) is 7.42. The van der Waals surface area contributed by atoms with Crippen LogP contribution in [-0.2, 0) is 6.54 Å². The molecule has 1 rings (SSSR count). The number of halogens is 1. The highest BCUT2D eigenvalue weighted by Crippen LogP contribution is 2.14. The van der Waals surface area contributed by atoms with Gasteiger partial charge in [0.1, 0.15) is 0 Å². The average Bonchev–Trinajstić information content (AvgIpc) is 2.22. The first-order valence-corrected chi connectivity index (χ1v) is 5.90. The molecule has 2 heteroatoms. The van der Waals surface area contributed by atoms with E-state index in [1.165, 1.54) is 16.7 Å². The quantitative estimate of drug-likeness (QED) is 0.711. The van der Waals surface area contributed by atoms with Gasteiger partial charge < -0.3 is 0 Å². The SMILES string of the molecule is Cc1ccc(C)c(CN(C)C(C)CCl)c1. The first-order valence-electron chi connectivity index (χ1n) is 5.37. The molecule has 0 aliphatic rings. The molecule has 1 atom stereocenters. The summed E-state index contributed by atoms with van der Waals surface area (Å²) in [5.74, 6) is 0.682. The van der Waals surface area contributed by atoms with Crippen LogP contribution in [0.5, 0.6) is 0 Å². The Morgan fingerprint density at radius 2 is 2.00 bits per heavy atom. The van der Waals surface area contributed by atoms with Crippen molar-refractivity contribution in [3.8, 4) is 0 Å². The van der Waals surface area contributed by atoms with E-state index in [-0.39, 0.29) is 0 Å². The molecule has 0 N–H and O–H groups in total. The lowest BCUT2D eigenvalue weighted by Gasteiger charge is -2.23. The van der Waals surface area contributed by atoms with Crippen LogP contribution in [0.15, 0.2) is 18.2 Å². The predicted octanol–water partition coefficient (Wildman–Crippen LogP) is 3.36. The minimum atomic E-state index is 0.423. The van der Waals surface area contributed by atoms with E-state index in [1.807, 2.05) is 0 Å². The fourth-order valence-corrected chi connectivity index (χ4v) is 1.75. The van der Waals surface area contributed by atoms with Crippen molar-refractivity contribution in [1.82, 2.24) is 4.90 Å². The molecule has 0 spiro atoms. The Hall–Kier alpha value is -0.530. The molecule has 15 heavy (non-hydrogen) atoms. The summed E-state index contributed by atoms with van der Waals surface area (Å²) in [5.41, 5.74) is 4.08. The second-order valence-corrected chi connectivity index (χ2v) is 4.66. The third-order valence-electron chi connectivity index (χ3n) is 2.90. The van der Waals surface area contributed by atoms with Gasteiger partial charge in [-0.3, -0.25) is 4.90 Å². The van der Waals surface area contributed by atoms with E-state index in [9.17, 15) is 0 Å². The molecule has 0 amide bonds. The van der Waals surface area contributed by atoms with Crippen molar-refractivity contribution < 1.29 is 0 Å². The molecule has 0 saturated carbocycles. The van der Waals surface area contributed by atoms with Crippen LogP contribution in [0.1, 0.15) is 23.6 Å². The van der Waals surface area contributed by atoms with Gasteiger partial charge in [-0.25, -0.2) is 0 Å². The van der Waals surface area contributed by atoms with Crippen LogP contribution < -0.4 is 0 Å². The topological polar surface area (TPSA) is 3.24 Å². The molecule has 84 valence electrons. The number of hydrogen-bond donors (Lipinski definition) is 0. The highest BCUT2D eigenvalue weighted by Gasteiger charge is 2.09. The molecular formula is C13H20ClN. The number of hydrogen-bond acceptors (Lipinski definition) is 1. The Morgan fingerprint density at radius 1 is 1.33 bits per heavy atom. The van der Waals surface area contributed by atoms with E-state index < -0.39 is 0 Å². The van der Waals surface area contributed by atoms with Crippen molar-refractivity contribution in [2.75, 3.05) is 12.9 Å². The van der Waals surface area contributed by atoms with Crippen molar-refractivity contribution in [3.63, 3.8) is 0 Å². The summed E-state index contributed by atoms with van der Waals surface area (Å²) in [5, 5.41) is 0. The third kappa shape index (κ3) is 3.51. The highest BCUT2D eigenvalue weighted by atomic mass is 35.5. The van der Waals surface area contributed by atoms with Crippen LogP contribution in [0, 0.1) is 13.8 Å². The van der Waals surface area contributed by atoms with Gasteiger partial charge in [-0.05, 0) is 38.9 Å². The zero-order valence-electron chi connectivity index (χ0n) is 10.0. The second-order valence-electron chi connectivity index (χ2n) is 4.35. The van der Waals surface area contributed by atoms with Gasteiger partial charge in [0.2, 0.25) is 0 Å². The summed E-state index contributed by atoms with van der Waals surface area (Å²) in [6, 6.07) is 7.02. The maximum Gasteiger partial charge on any atom is 0.0376 e. The van der Waals surface area contributed by atoms with Gasteiger partial charge in [0.05, 0.1) is 0 Å². The lowest BCUT2D eigenvalue weighted by atomic mass is 10.1. The summed E-state index contributed by atoms with van der Waals surface area (Å²) >= 11 is 5.84. The van der Waals surface area contributed by atoms with Crippen molar-refractivity contribution >= 4 is 11.6 Å². The number of benzene rings is 1. The lowest BCUT2D eigenvalue weighted by molar-refractivity contribution is 0.268. The normalized spacial score (nSPS) is 13.2. The molecule has 0 radical (unpaired) electrons. The first-order chi connectivity index (χ1) is 7.04. The van der Waals surface area contributed by atoms with Crippen molar-refractivity contribution in [2.24, 2.45) is 0 Å². The minimum Gasteiger partial charge on any atom is -0.298 e. The zero-order chi connectivity index (χ0) is 11.4. The molecule has 1 aromatic rings. The van der Waals surface area contributed by atoms with Gasteiger partial charge >= 0.3 is 0 Å². The molecule has 1 unspecified atom stereocenters. The zero-order valence-corrected chi connectivity index (χ0v) is 10.8. The van der Waals surface area contributed by atoms with Crippen molar-refractivity contribution in [2.45, 2.75) is 33.4 Å². The summed E-state index contributed by atoms with van der Waals surface area (Å²) in [4.78, 5) is 2.29. The fraction of sp³-hybridized carbons (Fsp3) is 0.538. The minimum absolute atomic E-state index is 0.423. The van der Waals surface area contributed by atoms with Crippen LogP contribution in [-0.4, -0.2) is 23.9 Å². The molecule has 0 aliphatic heterocycles. The van der Waals surface area contributed by atoms with E-state index in [0.29, 0.717) is 11.9 Å². The van der Waals surface area contributed by atoms with Gasteiger partial charge in [-0.2, -0.15) is 0 Å². The van der Waals surface area contributed by atoms with E-state index >= 15 is 0 Å². The lowest BCUT2D eigenvalue weighted by Crippen LogP contribution is -2.30. The third-order valence-corrected chi connectivity index (χ3v) is 3.35.